The first-order valence-corrected chi connectivity index (χ1v) is 5.22. The Labute approximate surface area is 80.3 Å². The number of nitrogens with two attached hydrogens (primary N) is 1. The summed E-state index contributed by atoms with van der Waals surface area (Å²) < 4.78 is 0. The zero-order chi connectivity index (χ0) is 9.84. The molecule has 2 unspecified atom stereocenters. The first-order valence-electron chi connectivity index (χ1n) is 5.22. The van der Waals surface area contributed by atoms with Gasteiger partial charge in [0.25, 0.3) is 0 Å². The maximum Gasteiger partial charge on any atom is 0.224 e. The molecule has 0 aliphatic carbocycles. The van der Waals surface area contributed by atoms with Crippen LogP contribution in [-0.2, 0) is 4.79 Å². The van der Waals surface area contributed by atoms with Crippen LogP contribution in [0.3, 0.4) is 0 Å². The van der Waals surface area contributed by atoms with Crippen LogP contribution >= 0.6 is 0 Å². The second-order valence-corrected chi connectivity index (χ2v) is 3.90. The lowest BCUT2D eigenvalue weighted by atomic mass is 10.1. The molecule has 13 heavy (non-hydrogen) atoms. The van der Waals surface area contributed by atoms with Crippen molar-refractivity contribution in [2.75, 3.05) is 6.54 Å². The van der Waals surface area contributed by atoms with Crippen LogP contribution in [0.25, 0.3) is 0 Å². The summed E-state index contributed by atoms with van der Waals surface area (Å²) in [5.41, 5.74) is 5.80. The minimum Gasteiger partial charge on any atom is -0.338 e. The van der Waals surface area contributed by atoms with Crippen molar-refractivity contribution in [2.24, 2.45) is 5.73 Å². The van der Waals surface area contributed by atoms with Crippen LogP contribution in [-0.4, -0.2) is 29.4 Å². The molecule has 1 aliphatic heterocycles. The highest BCUT2D eigenvalue weighted by Gasteiger charge is 2.33. The number of hydrogen-bond donors (Lipinski definition) is 1. The highest BCUT2D eigenvalue weighted by atomic mass is 16.2. The van der Waals surface area contributed by atoms with E-state index >= 15 is 0 Å². The molecule has 1 saturated heterocycles. The fraction of sp³-hybridized carbons (Fsp3) is 0.900. The standard InChI is InChI=1S/C10H20N2O/c1-3-4-5-6-12-8(2)9(11)7-10(12)13/h8-9H,3-7,11H2,1-2H3. The van der Waals surface area contributed by atoms with Crippen LogP contribution in [0.5, 0.6) is 0 Å². The summed E-state index contributed by atoms with van der Waals surface area (Å²) in [7, 11) is 0. The Morgan fingerprint density at radius 2 is 2.23 bits per heavy atom. The molecular formula is C10H20N2O. The van der Waals surface area contributed by atoms with Gasteiger partial charge < -0.3 is 10.6 Å². The molecule has 0 aromatic rings. The van der Waals surface area contributed by atoms with Crippen LogP contribution in [0.2, 0.25) is 0 Å². The van der Waals surface area contributed by atoms with E-state index in [4.69, 9.17) is 5.73 Å². The number of amides is 1. The fourth-order valence-electron chi connectivity index (χ4n) is 1.81. The Morgan fingerprint density at radius 1 is 1.54 bits per heavy atom. The molecule has 2 N–H and O–H groups in total. The maximum absolute atomic E-state index is 11.4. The normalized spacial score (nSPS) is 28.5. The predicted molar refractivity (Wildman–Crippen MR) is 53.3 cm³/mol. The van der Waals surface area contributed by atoms with Gasteiger partial charge in [0.15, 0.2) is 0 Å². The van der Waals surface area contributed by atoms with E-state index in [2.05, 4.69) is 6.92 Å². The van der Waals surface area contributed by atoms with Crippen LogP contribution < -0.4 is 5.73 Å². The van der Waals surface area contributed by atoms with Gasteiger partial charge in [-0.1, -0.05) is 19.8 Å². The van der Waals surface area contributed by atoms with Crippen molar-refractivity contribution in [1.29, 1.82) is 0 Å². The van der Waals surface area contributed by atoms with E-state index in [1.165, 1.54) is 12.8 Å². The average molecular weight is 184 g/mol. The molecule has 0 spiro atoms. The van der Waals surface area contributed by atoms with Crippen molar-refractivity contribution in [3.63, 3.8) is 0 Å². The van der Waals surface area contributed by atoms with E-state index in [9.17, 15) is 4.79 Å². The van der Waals surface area contributed by atoms with Gasteiger partial charge in [-0.3, -0.25) is 4.79 Å². The molecule has 1 rings (SSSR count). The second kappa shape index (κ2) is 4.61. The highest BCUT2D eigenvalue weighted by Crippen LogP contribution is 2.17. The summed E-state index contributed by atoms with van der Waals surface area (Å²) in [6.07, 6.45) is 4.04. The lowest BCUT2D eigenvalue weighted by molar-refractivity contribution is -0.128. The van der Waals surface area contributed by atoms with Crippen molar-refractivity contribution in [3.05, 3.63) is 0 Å². The van der Waals surface area contributed by atoms with Crippen LogP contribution in [0.1, 0.15) is 39.5 Å². The molecule has 0 bridgehead atoms. The number of hydrogen-bond acceptors (Lipinski definition) is 2. The fourth-order valence-corrected chi connectivity index (χ4v) is 1.81. The summed E-state index contributed by atoms with van der Waals surface area (Å²) in [5.74, 6) is 0.233. The summed E-state index contributed by atoms with van der Waals surface area (Å²) in [4.78, 5) is 13.4. The number of likely N-dealkylation sites (tertiary alicyclic amines) is 1. The van der Waals surface area contributed by atoms with Crippen molar-refractivity contribution in [2.45, 2.75) is 51.6 Å². The zero-order valence-electron chi connectivity index (χ0n) is 8.62. The van der Waals surface area contributed by atoms with Crippen molar-refractivity contribution in [3.8, 4) is 0 Å². The molecule has 0 saturated carbocycles. The average Bonchev–Trinajstić information content (AvgIpc) is 2.32. The molecule has 0 aromatic heterocycles. The molecular weight excluding hydrogens is 164 g/mol. The first-order chi connectivity index (χ1) is 6.16. The Kier molecular flexibility index (Phi) is 3.72. The van der Waals surface area contributed by atoms with E-state index in [0.29, 0.717) is 6.42 Å². The van der Waals surface area contributed by atoms with E-state index in [1.54, 1.807) is 0 Å². The molecule has 76 valence electrons. The topological polar surface area (TPSA) is 46.3 Å². The van der Waals surface area contributed by atoms with Gasteiger partial charge in [0.2, 0.25) is 5.91 Å². The lowest BCUT2D eigenvalue weighted by Gasteiger charge is -2.23. The summed E-state index contributed by atoms with van der Waals surface area (Å²) in [6.45, 7) is 5.10. The minimum absolute atomic E-state index is 0.0501. The van der Waals surface area contributed by atoms with Crippen LogP contribution in [0, 0.1) is 0 Å². The van der Waals surface area contributed by atoms with Crippen molar-refractivity contribution >= 4 is 5.91 Å². The quantitative estimate of drug-likeness (QED) is 0.666. The third kappa shape index (κ3) is 2.44. The Morgan fingerprint density at radius 3 is 2.69 bits per heavy atom. The largest absolute Gasteiger partial charge is 0.338 e. The number of rotatable bonds is 4. The molecule has 0 radical (unpaired) electrons. The number of carbonyl (C=O) groups is 1. The molecule has 3 nitrogen and oxygen atoms in total. The third-order valence-electron chi connectivity index (χ3n) is 2.84. The van der Waals surface area contributed by atoms with Crippen molar-refractivity contribution in [1.82, 2.24) is 4.90 Å². The van der Waals surface area contributed by atoms with Gasteiger partial charge in [-0.05, 0) is 13.3 Å². The van der Waals surface area contributed by atoms with Gasteiger partial charge in [0, 0.05) is 25.0 Å². The van der Waals surface area contributed by atoms with E-state index in [-0.39, 0.29) is 18.0 Å². The third-order valence-corrected chi connectivity index (χ3v) is 2.84. The maximum atomic E-state index is 11.4. The Bertz CT molecular complexity index is 182. The summed E-state index contributed by atoms with van der Waals surface area (Å²) in [5, 5.41) is 0. The van der Waals surface area contributed by atoms with Crippen LogP contribution in [0.15, 0.2) is 0 Å². The van der Waals surface area contributed by atoms with E-state index < -0.39 is 0 Å². The van der Waals surface area contributed by atoms with Crippen LogP contribution in [0.4, 0.5) is 0 Å². The van der Waals surface area contributed by atoms with E-state index in [0.717, 1.165) is 13.0 Å². The summed E-state index contributed by atoms with van der Waals surface area (Å²) in [6, 6.07) is 0.290. The Balaban J connectivity index is 2.35. The van der Waals surface area contributed by atoms with Gasteiger partial charge in [0.05, 0.1) is 0 Å². The van der Waals surface area contributed by atoms with Gasteiger partial charge in [-0.15, -0.1) is 0 Å². The molecule has 1 aliphatic rings. The predicted octanol–water partition coefficient (Wildman–Crippen LogP) is 1.12. The first kappa shape index (κ1) is 10.5. The SMILES string of the molecule is CCCCCN1C(=O)CC(N)C1C. The van der Waals surface area contributed by atoms with Gasteiger partial charge in [-0.25, -0.2) is 0 Å². The number of carbonyl (C=O) groups excluding carboxylic acids is 1. The number of nitrogens with zero attached hydrogens (tertiary/aromatic N) is 1. The Hall–Kier alpha value is -0.570. The lowest BCUT2D eigenvalue weighted by Crippen LogP contribution is -2.38. The van der Waals surface area contributed by atoms with Gasteiger partial charge in [-0.2, -0.15) is 0 Å². The molecule has 1 fully saturated rings. The monoisotopic (exact) mass is 184 g/mol. The zero-order valence-corrected chi connectivity index (χ0v) is 8.62. The second-order valence-electron chi connectivity index (χ2n) is 3.90. The van der Waals surface area contributed by atoms with Gasteiger partial charge in [0.1, 0.15) is 0 Å². The molecule has 0 aromatic carbocycles. The van der Waals surface area contributed by atoms with Gasteiger partial charge >= 0.3 is 0 Å². The molecule has 1 heterocycles. The molecule has 2 atom stereocenters. The summed E-state index contributed by atoms with van der Waals surface area (Å²) >= 11 is 0. The minimum atomic E-state index is 0.0501. The molecule has 3 heteroatoms. The van der Waals surface area contributed by atoms with E-state index in [1.807, 2.05) is 11.8 Å². The van der Waals surface area contributed by atoms with Crippen molar-refractivity contribution < 1.29 is 4.79 Å². The highest BCUT2D eigenvalue weighted by molar-refractivity contribution is 5.79. The number of unbranched alkanes of at least 4 members (excludes halogenated alkanes) is 2. The smallest absolute Gasteiger partial charge is 0.224 e. The molecule has 1 amide bonds.